The van der Waals surface area contributed by atoms with Crippen molar-refractivity contribution in [1.29, 1.82) is 0 Å². The van der Waals surface area contributed by atoms with E-state index in [1.807, 2.05) is 0 Å². The molecule has 1 amide bonds. The van der Waals surface area contributed by atoms with E-state index >= 15 is 0 Å². The van der Waals surface area contributed by atoms with E-state index in [0.717, 1.165) is 25.9 Å². The molecule has 138 valence electrons. The monoisotopic (exact) mass is 356 g/mol. The smallest absolute Gasteiger partial charge is 0.287 e. The lowest BCUT2D eigenvalue weighted by Crippen LogP contribution is -2.43. The first-order valence-corrected chi connectivity index (χ1v) is 8.83. The fourth-order valence-electron chi connectivity index (χ4n) is 2.93. The zero-order valence-electron chi connectivity index (χ0n) is 15.2. The Morgan fingerprint density at radius 2 is 1.85 bits per heavy atom. The molecule has 1 aromatic carbocycles. The molecule has 26 heavy (non-hydrogen) atoms. The standard InChI is InChI=1S/C20H24N2O4/c1-14(23)15-3-5-17(6-4-15)25-13-18-7-8-19(26-18)20(24)21-16-9-11-22(2)12-10-16/h3-8,16H,9-13H2,1-2H3,(H,21,24). The summed E-state index contributed by atoms with van der Waals surface area (Å²) in [7, 11) is 2.09. The quantitative estimate of drug-likeness (QED) is 0.806. The normalized spacial score (nSPS) is 15.6. The van der Waals surface area contributed by atoms with Gasteiger partial charge < -0.3 is 19.4 Å². The maximum atomic E-state index is 12.3. The van der Waals surface area contributed by atoms with Crippen LogP contribution in [0.1, 0.15) is 46.4 Å². The molecule has 3 rings (SSSR count). The molecule has 1 saturated heterocycles. The number of amides is 1. The lowest BCUT2D eigenvalue weighted by molar-refractivity contribution is 0.0884. The molecule has 2 heterocycles. The molecule has 1 aromatic heterocycles. The minimum atomic E-state index is -0.184. The Labute approximate surface area is 153 Å². The van der Waals surface area contributed by atoms with E-state index in [1.165, 1.54) is 6.92 Å². The van der Waals surface area contributed by atoms with E-state index < -0.39 is 0 Å². The number of hydrogen-bond acceptors (Lipinski definition) is 5. The van der Waals surface area contributed by atoms with Crippen LogP contribution in [0.4, 0.5) is 0 Å². The Morgan fingerprint density at radius 3 is 2.50 bits per heavy atom. The highest BCUT2D eigenvalue weighted by molar-refractivity contribution is 5.94. The molecule has 6 heteroatoms. The zero-order chi connectivity index (χ0) is 18.5. The van der Waals surface area contributed by atoms with Crippen LogP contribution in [0, 0.1) is 0 Å². The first kappa shape index (κ1) is 18.2. The third-order valence-corrected chi connectivity index (χ3v) is 4.58. The Hall–Kier alpha value is -2.60. The van der Waals surface area contributed by atoms with Crippen molar-refractivity contribution >= 4 is 11.7 Å². The molecule has 2 aromatic rings. The molecule has 0 atom stereocenters. The summed E-state index contributed by atoms with van der Waals surface area (Å²) in [6.07, 6.45) is 1.91. The van der Waals surface area contributed by atoms with Gasteiger partial charge in [0.1, 0.15) is 18.1 Å². The fourth-order valence-corrected chi connectivity index (χ4v) is 2.93. The highest BCUT2D eigenvalue weighted by Gasteiger charge is 2.20. The fraction of sp³-hybridized carbons (Fsp3) is 0.400. The van der Waals surface area contributed by atoms with Crippen LogP contribution in [0.25, 0.3) is 0 Å². The second-order valence-corrected chi connectivity index (χ2v) is 6.69. The number of nitrogens with zero attached hydrogens (tertiary/aromatic N) is 1. The van der Waals surface area contributed by atoms with Gasteiger partial charge in [0, 0.05) is 11.6 Å². The van der Waals surface area contributed by atoms with Gasteiger partial charge in [-0.15, -0.1) is 0 Å². The van der Waals surface area contributed by atoms with Crippen molar-refractivity contribution < 1.29 is 18.7 Å². The predicted octanol–water partition coefficient (Wildman–Crippen LogP) is 2.89. The van der Waals surface area contributed by atoms with Crippen LogP contribution in [0.15, 0.2) is 40.8 Å². The SMILES string of the molecule is CC(=O)c1ccc(OCc2ccc(C(=O)NC3CCN(C)CC3)o2)cc1. The summed E-state index contributed by atoms with van der Waals surface area (Å²) in [5.41, 5.74) is 0.642. The molecule has 1 N–H and O–H groups in total. The van der Waals surface area contributed by atoms with Crippen LogP contribution in [0.2, 0.25) is 0 Å². The largest absolute Gasteiger partial charge is 0.486 e. The van der Waals surface area contributed by atoms with Crippen LogP contribution < -0.4 is 10.1 Å². The van der Waals surface area contributed by atoms with E-state index in [9.17, 15) is 9.59 Å². The summed E-state index contributed by atoms with van der Waals surface area (Å²) in [5.74, 6) is 1.35. The van der Waals surface area contributed by atoms with Crippen molar-refractivity contribution in [3.8, 4) is 5.75 Å². The minimum Gasteiger partial charge on any atom is -0.486 e. The topological polar surface area (TPSA) is 71.8 Å². The first-order chi connectivity index (χ1) is 12.5. The number of likely N-dealkylation sites (tertiary alicyclic amines) is 1. The van der Waals surface area contributed by atoms with Gasteiger partial charge in [0.05, 0.1) is 0 Å². The summed E-state index contributed by atoms with van der Waals surface area (Å²) in [6, 6.07) is 10.5. The number of ether oxygens (including phenoxy) is 1. The van der Waals surface area contributed by atoms with Crippen molar-refractivity contribution in [2.45, 2.75) is 32.4 Å². The molecule has 0 bridgehead atoms. The van der Waals surface area contributed by atoms with Crippen LogP contribution in [-0.2, 0) is 6.61 Å². The summed E-state index contributed by atoms with van der Waals surface area (Å²) in [6.45, 7) is 3.73. The number of rotatable bonds is 6. The lowest BCUT2D eigenvalue weighted by Gasteiger charge is -2.29. The molecular formula is C20H24N2O4. The summed E-state index contributed by atoms with van der Waals surface area (Å²) in [4.78, 5) is 25.8. The number of ketones is 1. The number of benzene rings is 1. The second kappa shape index (κ2) is 8.19. The molecule has 1 fully saturated rings. The summed E-state index contributed by atoms with van der Waals surface area (Å²) < 4.78 is 11.2. The molecule has 0 aliphatic carbocycles. The third kappa shape index (κ3) is 4.73. The molecule has 1 aliphatic heterocycles. The average Bonchev–Trinajstić information content (AvgIpc) is 3.11. The Kier molecular flexibility index (Phi) is 5.73. The molecule has 0 radical (unpaired) electrons. The number of Topliss-reactive ketones (excluding diaryl/α,β-unsaturated/α-hetero) is 1. The van der Waals surface area contributed by atoms with Gasteiger partial charge in [-0.25, -0.2) is 0 Å². The lowest BCUT2D eigenvalue weighted by atomic mass is 10.1. The number of hydrogen-bond donors (Lipinski definition) is 1. The average molecular weight is 356 g/mol. The molecule has 6 nitrogen and oxygen atoms in total. The van der Waals surface area contributed by atoms with Gasteiger partial charge in [-0.05, 0) is 76.3 Å². The van der Waals surface area contributed by atoms with E-state index in [0.29, 0.717) is 22.8 Å². The van der Waals surface area contributed by atoms with E-state index in [4.69, 9.17) is 9.15 Å². The Morgan fingerprint density at radius 1 is 1.15 bits per heavy atom. The molecular weight excluding hydrogens is 332 g/mol. The van der Waals surface area contributed by atoms with Gasteiger partial charge in [0.2, 0.25) is 0 Å². The minimum absolute atomic E-state index is 0.0165. The van der Waals surface area contributed by atoms with E-state index in [2.05, 4.69) is 17.3 Å². The third-order valence-electron chi connectivity index (χ3n) is 4.58. The van der Waals surface area contributed by atoms with Crippen LogP contribution in [0.3, 0.4) is 0 Å². The van der Waals surface area contributed by atoms with Gasteiger partial charge >= 0.3 is 0 Å². The number of nitrogens with one attached hydrogen (secondary N) is 1. The predicted molar refractivity (Wildman–Crippen MR) is 97.5 cm³/mol. The number of furan rings is 1. The van der Waals surface area contributed by atoms with Crippen LogP contribution >= 0.6 is 0 Å². The van der Waals surface area contributed by atoms with Gasteiger partial charge in [-0.1, -0.05) is 0 Å². The van der Waals surface area contributed by atoms with E-state index in [-0.39, 0.29) is 24.3 Å². The van der Waals surface area contributed by atoms with Crippen LogP contribution in [-0.4, -0.2) is 42.8 Å². The van der Waals surface area contributed by atoms with Crippen molar-refractivity contribution in [3.63, 3.8) is 0 Å². The highest BCUT2D eigenvalue weighted by atomic mass is 16.5. The maximum Gasteiger partial charge on any atom is 0.287 e. The number of carbonyl (C=O) groups is 2. The summed E-state index contributed by atoms with van der Waals surface area (Å²) >= 11 is 0. The zero-order valence-corrected chi connectivity index (χ0v) is 15.2. The maximum absolute atomic E-state index is 12.3. The van der Waals surface area contributed by atoms with Gasteiger partial charge in [0.25, 0.3) is 5.91 Å². The summed E-state index contributed by atoms with van der Waals surface area (Å²) in [5, 5.41) is 3.03. The van der Waals surface area contributed by atoms with Gasteiger partial charge in [0.15, 0.2) is 11.5 Å². The van der Waals surface area contributed by atoms with Crippen molar-refractivity contribution in [3.05, 3.63) is 53.5 Å². The van der Waals surface area contributed by atoms with E-state index in [1.54, 1.807) is 36.4 Å². The van der Waals surface area contributed by atoms with Gasteiger partial charge in [-0.2, -0.15) is 0 Å². The van der Waals surface area contributed by atoms with Crippen molar-refractivity contribution in [2.75, 3.05) is 20.1 Å². The van der Waals surface area contributed by atoms with Gasteiger partial charge in [-0.3, -0.25) is 9.59 Å². The number of carbonyl (C=O) groups excluding carboxylic acids is 2. The Bertz CT molecular complexity index is 758. The molecule has 0 unspecified atom stereocenters. The Balaban J connectivity index is 1.51. The van der Waals surface area contributed by atoms with Crippen molar-refractivity contribution in [1.82, 2.24) is 10.2 Å². The second-order valence-electron chi connectivity index (χ2n) is 6.69. The first-order valence-electron chi connectivity index (χ1n) is 8.83. The molecule has 0 saturated carbocycles. The van der Waals surface area contributed by atoms with Crippen molar-refractivity contribution in [2.24, 2.45) is 0 Å². The number of piperidine rings is 1. The van der Waals surface area contributed by atoms with Crippen LogP contribution in [0.5, 0.6) is 5.75 Å². The highest BCUT2D eigenvalue weighted by Crippen LogP contribution is 2.16. The molecule has 1 aliphatic rings. The molecule has 0 spiro atoms.